The van der Waals surface area contributed by atoms with Gasteiger partial charge in [0, 0.05) is 12.2 Å². The molecule has 0 atom stereocenters. The maximum atomic E-state index is 13.2. The van der Waals surface area contributed by atoms with Gasteiger partial charge in [-0.3, -0.25) is 4.79 Å². The lowest BCUT2D eigenvalue weighted by molar-refractivity contribution is -0.119. The number of rotatable bonds is 6. The molecule has 1 N–H and O–H groups in total. The van der Waals surface area contributed by atoms with E-state index in [-0.39, 0.29) is 5.82 Å². The van der Waals surface area contributed by atoms with E-state index in [1.807, 2.05) is 13.8 Å². The summed E-state index contributed by atoms with van der Waals surface area (Å²) in [6.07, 6.45) is 0. The van der Waals surface area contributed by atoms with Crippen LogP contribution in [-0.4, -0.2) is 23.1 Å². The quantitative estimate of drug-likeness (QED) is 0.605. The van der Waals surface area contributed by atoms with E-state index in [4.69, 9.17) is 4.74 Å². The molecule has 1 heterocycles. The Bertz CT molecular complexity index is 1160. The minimum Gasteiger partial charge on any atom is -0.452 e. The topological polar surface area (TPSA) is 84.1 Å². The minimum absolute atomic E-state index is 0.318. The number of nitrogens with zero attached hydrogens (tertiary/aromatic N) is 2. The fraction of sp³-hybridized carbons (Fsp3) is 0.208. The molecule has 31 heavy (non-hydrogen) atoms. The normalized spacial score (nSPS) is 10.4. The fourth-order valence-corrected chi connectivity index (χ4v) is 3.17. The number of carbonyl (C=O) groups excluding carboxylic acids is 2. The zero-order valence-electron chi connectivity index (χ0n) is 17.5. The van der Waals surface area contributed by atoms with Gasteiger partial charge < -0.3 is 14.6 Å². The third-order valence-electron chi connectivity index (χ3n) is 5.07. The van der Waals surface area contributed by atoms with Crippen molar-refractivity contribution in [2.75, 3.05) is 11.9 Å². The van der Waals surface area contributed by atoms with Crippen LogP contribution in [0.4, 0.5) is 10.2 Å². The third-order valence-corrected chi connectivity index (χ3v) is 5.07. The Labute approximate surface area is 179 Å². The average molecular weight is 419 g/mol. The Morgan fingerprint density at radius 2 is 1.71 bits per heavy atom. The zero-order chi connectivity index (χ0) is 22.5. The van der Waals surface area contributed by atoms with Crippen molar-refractivity contribution in [2.24, 2.45) is 0 Å². The largest absolute Gasteiger partial charge is 0.452 e. The monoisotopic (exact) mass is 419 g/mol. The Balaban J connectivity index is 1.76. The summed E-state index contributed by atoms with van der Waals surface area (Å²) in [7, 11) is 0. The molecule has 2 aromatic carbocycles. The van der Waals surface area contributed by atoms with Gasteiger partial charge in [-0.25, -0.2) is 9.18 Å². The first kappa shape index (κ1) is 21.8. The second-order valence-corrected chi connectivity index (χ2v) is 7.25. The molecule has 3 aromatic rings. The maximum Gasteiger partial charge on any atom is 0.338 e. The first-order valence-corrected chi connectivity index (χ1v) is 9.68. The highest BCUT2D eigenvalue weighted by atomic mass is 19.1. The number of aromatic nitrogens is 1. The highest BCUT2D eigenvalue weighted by molar-refractivity contribution is 5.96. The molecule has 0 aliphatic carbocycles. The molecule has 0 unspecified atom stereocenters. The fourth-order valence-electron chi connectivity index (χ4n) is 3.17. The summed E-state index contributed by atoms with van der Waals surface area (Å²) in [5.41, 5.74) is 4.03. The van der Waals surface area contributed by atoms with Crippen LogP contribution in [0.15, 0.2) is 48.5 Å². The van der Waals surface area contributed by atoms with E-state index < -0.39 is 18.5 Å². The number of hydrogen-bond acceptors (Lipinski definition) is 4. The molecular weight excluding hydrogens is 397 g/mol. The summed E-state index contributed by atoms with van der Waals surface area (Å²) in [5, 5.41) is 12.3. The number of aryl methyl sites for hydroxylation is 1. The number of nitrogens with one attached hydrogen (secondary N) is 1. The van der Waals surface area contributed by atoms with Crippen LogP contribution in [0.5, 0.6) is 0 Å². The zero-order valence-corrected chi connectivity index (χ0v) is 17.5. The van der Waals surface area contributed by atoms with Crippen molar-refractivity contribution in [3.8, 4) is 6.07 Å². The van der Waals surface area contributed by atoms with Crippen LogP contribution in [0, 0.1) is 37.9 Å². The summed E-state index contributed by atoms with van der Waals surface area (Å²) >= 11 is 0. The Morgan fingerprint density at radius 3 is 2.32 bits per heavy atom. The highest BCUT2D eigenvalue weighted by Crippen LogP contribution is 2.27. The van der Waals surface area contributed by atoms with Crippen LogP contribution in [-0.2, 0) is 16.1 Å². The van der Waals surface area contributed by atoms with E-state index in [0.29, 0.717) is 23.5 Å². The van der Waals surface area contributed by atoms with E-state index in [2.05, 4.69) is 11.4 Å². The molecule has 1 aromatic heterocycles. The number of anilines is 1. The van der Waals surface area contributed by atoms with Crippen molar-refractivity contribution in [2.45, 2.75) is 27.3 Å². The Morgan fingerprint density at radius 1 is 1.06 bits per heavy atom. The Kier molecular flexibility index (Phi) is 6.51. The minimum atomic E-state index is -0.607. The maximum absolute atomic E-state index is 13.2. The molecule has 1 amide bonds. The van der Waals surface area contributed by atoms with Gasteiger partial charge in [-0.2, -0.15) is 5.26 Å². The number of benzene rings is 2. The molecule has 0 aliphatic heterocycles. The van der Waals surface area contributed by atoms with Gasteiger partial charge in [-0.1, -0.05) is 29.8 Å². The van der Waals surface area contributed by atoms with Gasteiger partial charge >= 0.3 is 5.97 Å². The van der Waals surface area contributed by atoms with Crippen molar-refractivity contribution in [1.82, 2.24) is 4.57 Å². The summed E-state index contributed by atoms with van der Waals surface area (Å²) < 4.78 is 20.1. The lowest BCUT2D eigenvalue weighted by Crippen LogP contribution is -2.23. The molecule has 7 heteroatoms. The van der Waals surface area contributed by atoms with E-state index in [1.165, 1.54) is 12.1 Å². The van der Waals surface area contributed by atoms with E-state index in [9.17, 15) is 19.2 Å². The molecule has 3 rings (SSSR count). The second kappa shape index (κ2) is 9.26. The number of amides is 1. The summed E-state index contributed by atoms with van der Waals surface area (Å²) in [6.45, 7) is 5.39. The summed E-state index contributed by atoms with van der Waals surface area (Å²) in [6, 6.07) is 14.9. The lowest BCUT2D eigenvalue weighted by atomic mass is 10.1. The average Bonchev–Trinajstić information content (AvgIpc) is 2.97. The molecule has 0 bridgehead atoms. The van der Waals surface area contributed by atoms with Gasteiger partial charge in [0.15, 0.2) is 6.61 Å². The van der Waals surface area contributed by atoms with E-state index in [1.54, 1.807) is 47.9 Å². The third kappa shape index (κ3) is 4.98. The smallest absolute Gasteiger partial charge is 0.338 e. The predicted molar refractivity (Wildman–Crippen MR) is 114 cm³/mol. The van der Waals surface area contributed by atoms with Crippen molar-refractivity contribution >= 4 is 17.7 Å². The molecule has 0 aliphatic rings. The summed E-state index contributed by atoms with van der Waals surface area (Å²) in [4.78, 5) is 24.6. The number of hydrogen-bond donors (Lipinski definition) is 1. The van der Waals surface area contributed by atoms with Crippen molar-refractivity contribution < 1.29 is 18.7 Å². The SMILES string of the molecule is Cc1ccc(C(=O)OCC(=O)Nc2c(C#N)c(C)c(C)n2Cc2ccc(F)cc2)cc1. The van der Waals surface area contributed by atoms with Gasteiger partial charge in [0.25, 0.3) is 5.91 Å². The van der Waals surface area contributed by atoms with Crippen LogP contribution in [0.3, 0.4) is 0 Å². The molecule has 0 radical (unpaired) electrons. The predicted octanol–water partition coefficient (Wildman–Crippen LogP) is 4.27. The van der Waals surface area contributed by atoms with Crippen LogP contribution < -0.4 is 5.32 Å². The number of nitriles is 1. The van der Waals surface area contributed by atoms with Gasteiger partial charge in [-0.05, 0) is 56.2 Å². The van der Waals surface area contributed by atoms with E-state index >= 15 is 0 Å². The number of halogens is 1. The van der Waals surface area contributed by atoms with Crippen LogP contribution in [0.2, 0.25) is 0 Å². The van der Waals surface area contributed by atoms with Crippen molar-refractivity contribution in [3.63, 3.8) is 0 Å². The van der Waals surface area contributed by atoms with Gasteiger partial charge in [0.1, 0.15) is 17.7 Å². The molecular formula is C24H22FN3O3. The molecule has 0 saturated carbocycles. The summed E-state index contributed by atoms with van der Waals surface area (Å²) in [5.74, 6) is -1.19. The second-order valence-electron chi connectivity index (χ2n) is 7.25. The van der Waals surface area contributed by atoms with Crippen LogP contribution >= 0.6 is 0 Å². The van der Waals surface area contributed by atoms with Crippen LogP contribution in [0.1, 0.15) is 38.3 Å². The molecule has 6 nitrogen and oxygen atoms in total. The molecule has 0 saturated heterocycles. The first-order valence-electron chi connectivity index (χ1n) is 9.68. The van der Waals surface area contributed by atoms with Gasteiger partial charge in [0.05, 0.1) is 11.1 Å². The standard InChI is InChI=1S/C24H22FN3O3/c1-15-4-8-19(9-5-15)24(30)31-14-22(29)27-23-21(12-26)16(2)17(3)28(23)13-18-6-10-20(25)11-7-18/h4-11H,13-14H2,1-3H3,(H,27,29). The molecule has 0 fully saturated rings. The number of carbonyl (C=O) groups is 2. The highest BCUT2D eigenvalue weighted by Gasteiger charge is 2.20. The van der Waals surface area contributed by atoms with Gasteiger partial charge in [-0.15, -0.1) is 0 Å². The number of esters is 1. The van der Waals surface area contributed by atoms with Crippen molar-refractivity contribution in [3.05, 3.63) is 87.9 Å². The Hall–Kier alpha value is -3.92. The van der Waals surface area contributed by atoms with Crippen molar-refractivity contribution in [1.29, 1.82) is 5.26 Å². The number of ether oxygens (including phenoxy) is 1. The molecule has 158 valence electrons. The van der Waals surface area contributed by atoms with E-state index in [0.717, 1.165) is 22.4 Å². The lowest BCUT2D eigenvalue weighted by Gasteiger charge is -2.13. The molecule has 0 spiro atoms. The van der Waals surface area contributed by atoms with Crippen LogP contribution in [0.25, 0.3) is 0 Å². The first-order chi connectivity index (χ1) is 14.8. The van der Waals surface area contributed by atoms with Gasteiger partial charge in [0.2, 0.25) is 0 Å².